The number of likely N-dealkylation sites (tertiary alicyclic amines) is 1. The number of hydrogen-bond donors (Lipinski definition) is 1. The number of piperidine rings is 1. The third-order valence-electron chi connectivity index (χ3n) is 4.04. The minimum atomic E-state index is -0.788. The summed E-state index contributed by atoms with van der Waals surface area (Å²) < 4.78 is 31.5. The highest BCUT2D eigenvalue weighted by Crippen LogP contribution is 2.22. The maximum Gasteiger partial charge on any atom is 0.293 e. The lowest BCUT2D eigenvalue weighted by atomic mass is 10.0. The van der Waals surface area contributed by atoms with Crippen LogP contribution in [0.25, 0.3) is 0 Å². The van der Waals surface area contributed by atoms with E-state index in [9.17, 15) is 18.4 Å². The van der Waals surface area contributed by atoms with Gasteiger partial charge in [-0.25, -0.2) is 8.78 Å². The summed E-state index contributed by atoms with van der Waals surface area (Å²) in [5, 5.41) is 6.16. The molecule has 25 heavy (non-hydrogen) atoms. The molecule has 0 aliphatic carbocycles. The second-order valence-corrected chi connectivity index (χ2v) is 5.99. The summed E-state index contributed by atoms with van der Waals surface area (Å²) in [5.74, 6) is -2.43. The van der Waals surface area contributed by atoms with Crippen LogP contribution in [0.15, 0.2) is 28.8 Å². The average molecular weight is 349 g/mol. The Labute approximate surface area is 142 Å². The molecular weight excluding hydrogens is 332 g/mol. The molecule has 1 aromatic carbocycles. The summed E-state index contributed by atoms with van der Waals surface area (Å²) in [6.45, 7) is 2.09. The lowest BCUT2D eigenvalue weighted by Crippen LogP contribution is -2.50. The van der Waals surface area contributed by atoms with Crippen molar-refractivity contribution in [1.82, 2.24) is 10.1 Å². The van der Waals surface area contributed by atoms with Gasteiger partial charge in [0.1, 0.15) is 17.7 Å². The first-order valence-corrected chi connectivity index (χ1v) is 7.95. The summed E-state index contributed by atoms with van der Waals surface area (Å²) in [6.07, 6.45) is 1.99. The number of benzene rings is 1. The molecule has 2 aromatic rings. The summed E-state index contributed by atoms with van der Waals surface area (Å²) >= 11 is 0. The van der Waals surface area contributed by atoms with E-state index in [-0.39, 0.29) is 11.4 Å². The van der Waals surface area contributed by atoms with Crippen LogP contribution in [0.2, 0.25) is 0 Å². The van der Waals surface area contributed by atoms with Crippen molar-refractivity contribution in [2.24, 2.45) is 0 Å². The number of aryl methyl sites for hydroxylation is 1. The van der Waals surface area contributed by atoms with Crippen LogP contribution in [0, 0.1) is 18.6 Å². The third kappa shape index (κ3) is 3.84. The summed E-state index contributed by atoms with van der Waals surface area (Å²) in [5.41, 5.74) is 0.576. The molecule has 1 saturated heterocycles. The van der Waals surface area contributed by atoms with E-state index in [0.29, 0.717) is 18.7 Å². The van der Waals surface area contributed by atoms with Crippen molar-refractivity contribution in [2.45, 2.75) is 32.2 Å². The zero-order chi connectivity index (χ0) is 18.0. The van der Waals surface area contributed by atoms with E-state index in [4.69, 9.17) is 4.52 Å². The van der Waals surface area contributed by atoms with Gasteiger partial charge in [-0.2, -0.15) is 0 Å². The van der Waals surface area contributed by atoms with Gasteiger partial charge in [0.05, 0.1) is 5.69 Å². The Morgan fingerprint density at radius 1 is 1.20 bits per heavy atom. The topological polar surface area (TPSA) is 75.4 Å². The smallest absolute Gasteiger partial charge is 0.293 e. The van der Waals surface area contributed by atoms with Crippen molar-refractivity contribution in [1.29, 1.82) is 0 Å². The summed E-state index contributed by atoms with van der Waals surface area (Å²) in [6, 6.07) is 3.54. The normalized spacial score (nSPS) is 17.4. The van der Waals surface area contributed by atoms with E-state index < -0.39 is 29.5 Å². The SMILES string of the molecule is Cc1cc(C(=O)N2CCCC[C@@H]2C(=O)Nc2cc(F)cc(F)c2)on1. The fraction of sp³-hybridized carbons (Fsp3) is 0.353. The largest absolute Gasteiger partial charge is 0.351 e. The van der Waals surface area contributed by atoms with E-state index in [1.165, 1.54) is 11.0 Å². The highest BCUT2D eigenvalue weighted by Gasteiger charge is 2.34. The number of carbonyl (C=O) groups is 2. The van der Waals surface area contributed by atoms with Gasteiger partial charge in [0.2, 0.25) is 11.7 Å². The molecule has 0 radical (unpaired) electrons. The molecule has 0 spiro atoms. The zero-order valence-electron chi connectivity index (χ0n) is 13.6. The number of aromatic nitrogens is 1. The number of halogens is 2. The van der Waals surface area contributed by atoms with Crippen LogP contribution in [0.1, 0.15) is 35.5 Å². The predicted octanol–water partition coefficient (Wildman–Crippen LogP) is 2.89. The monoisotopic (exact) mass is 349 g/mol. The Morgan fingerprint density at radius 2 is 1.92 bits per heavy atom. The zero-order valence-corrected chi connectivity index (χ0v) is 13.6. The molecule has 1 aliphatic rings. The van der Waals surface area contributed by atoms with Gasteiger partial charge >= 0.3 is 0 Å². The fourth-order valence-corrected chi connectivity index (χ4v) is 2.90. The highest BCUT2D eigenvalue weighted by molar-refractivity contribution is 6.00. The second-order valence-electron chi connectivity index (χ2n) is 5.99. The maximum absolute atomic E-state index is 13.3. The molecule has 6 nitrogen and oxygen atoms in total. The van der Waals surface area contributed by atoms with Crippen molar-refractivity contribution in [3.63, 3.8) is 0 Å². The molecule has 8 heteroatoms. The number of amides is 2. The van der Waals surface area contributed by atoms with Crippen molar-refractivity contribution < 1.29 is 22.9 Å². The Bertz CT molecular complexity index is 786. The van der Waals surface area contributed by atoms with Crippen molar-refractivity contribution in [3.05, 3.63) is 47.4 Å². The predicted molar refractivity (Wildman–Crippen MR) is 84.9 cm³/mol. The van der Waals surface area contributed by atoms with Gasteiger partial charge < -0.3 is 14.7 Å². The van der Waals surface area contributed by atoms with Gasteiger partial charge in [-0.05, 0) is 38.3 Å². The molecule has 0 saturated carbocycles. The molecule has 0 bridgehead atoms. The van der Waals surface area contributed by atoms with Crippen LogP contribution in [0.4, 0.5) is 14.5 Å². The van der Waals surface area contributed by atoms with Gasteiger partial charge in [-0.3, -0.25) is 9.59 Å². The number of nitrogens with zero attached hydrogens (tertiary/aromatic N) is 2. The molecule has 1 fully saturated rings. The summed E-state index contributed by atoms with van der Waals surface area (Å²) in [4.78, 5) is 26.5. The van der Waals surface area contributed by atoms with Crippen molar-refractivity contribution >= 4 is 17.5 Å². The van der Waals surface area contributed by atoms with Crippen LogP contribution in [0.3, 0.4) is 0 Å². The van der Waals surface area contributed by atoms with Gasteiger partial charge in [0.25, 0.3) is 5.91 Å². The first kappa shape index (κ1) is 17.1. The molecule has 1 N–H and O–H groups in total. The molecule has 0 unspecified atom stereocenters. The van der Waals surface area contributed by atoms with Gasteiger partial charge in [0, 0.05) is 24.4 Å². The van der Waals surface area contributed by atoms with Crippen LogP contribution in [-0.2, 0) is 4.79 Å². The third-order valence-corrected chi connectivity index (χ3v) is 4.04. The number of nitrogens with one attached hydrogen (secondary N) is 1. The second kappa shape index (κ2) is 7.00. The molecule has 1 atom stereocenters. The van der Waals surface area contributed by atoms with Crippen LogP contribution < -0.4 is 5.32 Å². The van der Waals surface area contributed by atoms with Gasteiger partial charge in [-0.15, -0.1) is 0 Å². The molecule has 3 rings (SSSR count). The van der Waals surface area contributed by atoms with E-state index in [2.05, 4.69) is 10.5 Å². The lowest BCUT2D eigenvalue weighted by Gasteiger charge is -2.34. The molecule has 1 aromatic heterocycles. The van der Waals surface area contributed by atoms with Crippen molar-refractivity contribution in [3.8, 4) is 0 Å². The minimum absolute atomic E-state index is 0.0102. The van der Waals surface area contributed by atoms with Crippen LogP contribution in [0.5, 0.6) is 0 Å². The maximum atomic E-state index is 13.3. The number of hydrogen-bond acceptors (Lipinski definition) is 4. The Morgan fingerprint density at radius 3 is 2.56 bits per heavy atom. The van der Waals surface area contributed by atoms with Crippen molar-refractivity contribution in [2.75, 3.05) is 11.9 Å². The lowest BCUT2D eigenvalue weighted by molar-refractivity contribution is -0.121. The van der Waals surface area contributed by atoms with E-state index in [0.717, 1.165) is 31.0 Å². The standard InChI is InChI=1S/C17H17F2N3O3/c1-10-6-15(25-21-10)17(24)22-5-3-2-4-14(22)16(23)20-13-8-11(18)7-12(19)9-13/h6-9,14H,2-5H2,1H3,(H,20,23)/t14-/m1/s1. The molecule has 1 aliphatic heterocycles. The number of carbonyl (C=O) groups excluding carboxylic acids is 2. The minimum Gasteiger partial charge on any atom is -0.351 e. The Hall–Kier alpha value is -2.77. The Balaban J connectivity index is 1.78. The van der Waals surface area contributed by atoms with E-state index >= 15 is 0 Å². The van der Waals surface area contributed by atoms with E-state index in [1.807, 2.05) is 0 Å². The van der Waals surface area contributed by atoms with Crippen LogP contribution >= 0.6 is 0 Å². The Kier molecular flexibility index (Phi) is 4.78. The fourth-order valence-electron chi connectivity index (χ4n) is 2.90. The highest BCUT2D eigenvalue weighted by atomic mass is 19.1. The molecule has 132 valence electrons. The summed E-state index contributed by atoms with van der Waals surface area (Å²) in [7, 11) is 0. The van der Waals surface area contributed by atoms with E-state index in [1.54, 1.807) is 6.92 Å². The molecule has 2 amide bonds. The van der Waals surface area contributed by atoms with Crippen LogP contribution in [-0.4, -0.2) is 34.5 Å². The first-order valence-electron chi connectivity index (χ1n) is 7.95. The first-order chi connectivity index (χ1) is 11.9. The van der Waals surface area contributed by atoms with Gasteiger partial charge in [-0.1, -0.05) is 5.16 Å². The number of rotatable bonds is 3. The molecule has 2 heterocycles. The average Bonchev–Trinajstić information content (AvgIpc) is 2.99. The van der Waals surface area contributed by atoms with Gasteiger partial charge in [0.15, 0.2) is 0 Å². The number of anilines is 1. The quantitative estimate of drug-likeness (QED) is 0.924. The molecular formula is C17H17F2N3O3.